The van der Waals surface area contributed by atoms with Crippen LogP contribution in [0.15, 0.2) is 77.3 Å². The number of carbonyl (C=O) groups excluding carboxylic acids is 2. The van der Waals surface area contributed by atoms with E-state index in [1.165, 1.54) is 20.6 Å². The maximum absolute atomic E-state index is 13.9. The third-order valence-corrected chi connectivity index (χ3v) is 9.11. The zero-order valence-corrected chi connectivity index (χ0v) is 28.6. The van der Waals surface area contributed by atoms with E-state index in [0.717, 1.165) is 71.0 Å². The van der Waals surface area contributed by atoms with Crippen molar-refractivity contribution < 1.29 is 23.8 Å². The van der Waals surface area contributed by atoms with Crippen molar-refractivity contribution in [3.05, 3.63) is 99.5 Å². The summed E-state index contributed by atoms with van der Waals surface area (Å²) < 4.78 is 16.3. The molecule has 4 aromatic rings. The number of methoxy groups -OCH3 is 3. The molecule has 0 aliphatic carbocycles. The van der Waals surface area contributed by atoms with Gasteiger partial charge in [0, 0.05) is 17.6 Å². The van der Waals surface area contributed by atoms with Crippen molar-refractivity contribution in [2.45, 2.75) is 39.5 Å². The van der Waals surface area contributed by atoms with Gasteiger partial charge >= 0.3 is 5.97 Å². The third-order valence-electron chi connectivity index (χ3n) is 8.37. The molecule has 1 fully saturated rings. The van der Waals surface area contributed by atoms with Crippen LogP contribution in [0.25, 0.3) is 11.1 Å². The van der Waals surface area contributed by atoms with Crippen molar-refractivity contribution in [2.75, 3.05) is 44.3 Å². The lowest BCUT2D eigenvalue weighted by molar-refractivity contribution is -0.120. The minimum Gasteiger partial charge on any atom is -0.497 e. The Hall–Kier alpha value is -4.50. The summed E-state index contributed by atoms with van der Waals surface area (Å²) in [5.41, 5.74) is 11.3. The average Bonchev–Trinajstić information content (AvgIpc) is 3.08. The molecule has 1 saturated heterocycles. The van der Waals surface area contributed by atoms with E-state index in [2.05, 4.69) is 70.4 Å². The molecule has 4 aromatic carbocycles. The van der Waals surface area contributed by atoms with E-state index in [1.807, 2.05) is 35.3 Å². The number of nitrogens with one attached hydrogen (secondary N) is 1. The van der Waals surface area contributed by atoms with Gasteiger partial charge in [0.1, 0.15) is 17.1 Å². The zero-order valence-electron chi connectivity index (χ0n) is 27.0. The standard InChI is InChI=1S/C37H40BrN3O5/c1-24-10-9-11-33(40-18-7-6-8-19-40)36(24)41(28-14-17-30(25(2)20-28)26-12-15-29(44-3)16-13-26)39-35(42)22-27-21-34(45-4)31(23-32(27)38)37(43)46-5/h9-17,20-21,23H,6-8,18-19,22H2,1-5H3,(H,39,42). The molecule has 1 aliphatic rings. The van der Waals surface area contributed by atoms with E-state index in [0.29, 0.717) is 15.8 Å². The van der Waals surface area contributed by atoms with Crippen LogP contribution in [-0.2, 0) is 16.0 Å². The van der Waals surface area contributed by atoms with Gasteiger partial charge in [-0.15, -0.1) is 0 Å². The Balaban J connectivity index is 1.54. The van der Waals surface area contributed by atoms with E-state index in [4.69, 9.17) is 14.2 Å². The van der Waals surface area contributed by atoms with Gasteiger partial charge in [0.25, 0.3) is 0 Å². The maximum Gasteiger partial charge on any atom is 0.341 e. The molecule has 8 nitrogen and oxygen atoms in total. The number of hydrogen-bond donors (Lipinski definition) is 1. The Kier molecular flexibility index (Phi) is 10.5. The first-order chi connectivity index (χ1) is 22.2. The number of carbonyl (C=O) groups is 2. The number of rotatable bonds is 10. The quantitative estimate of drug-likeness (QED) is 0.134. The smallest absolute Gasteiger partial charge is 0.341 e. The number of ether oxygens (including phenoxy) is 3. The monoisotopic (exact) mass is 685 g/mol. The lowest BCUT2D eigenvalue weighted by Crippen LogP contribution is -2.41. The molecule has 46 heavy (non-hydrogen) atoms. The van der Waals surface area contributed by atoms with Crippen molar-refractivity contribution in [3.8, 4) is 22.6 Å². The number of hydrazine groups is 1. The molecule has 0 aromatic heterocycles. The van der Waals surface area contributed by atoms with Gasteiger partial charge in [0.15, 0.2) is 0 Å². The zero-order chi connectivity index (χ0) is 32.8. The highest BCUT2D eigenvalue weighted by molar-refractivity contribution is 9.10. The first-order valence-corrected chi connectivity index (χ1v) is 16.2. The summed E-state index contributed by atoms with van der Waals surface area (Å²) in [6.45, 7) is 6.09. The van der Waals surface area contributed by atoms with Crippen LogP contribution in [0.2, 0.25) is 0 Å². The van der Waals surface area contributed by atoms with Crippen molar-refractivity contribution in [3.63, 3.8) is 0 Å². The van der Waals surface area contributed by atoms with Crippen molar-refractivity contribution in [1.29, 1.82) is 0 Å². The SMILES string of the molecule is COC(=O)c1cc(Br)c(CC(=O)NN(c2ccc(-c3ccc(OC)cc3)c(C)c2)c2c(C)cccc2N2CCCCC2)cc1OC. The van der Waals surface area contributed by atoms with Crippen molar-refractivity contribution in [1.82, 2.24) is 5.43 Å². The van der Waals surface area contributed by atoms with Crippen LogP contribution >= 0.6 is 15.9 Å². The molecule has 0 spiro atoms. The van der Waals surface area contributed by atoms with E-state index < -0.39 is 5.97 Å². The average molecular weight is 687 g/mol. The summed E-state index contributed by atoms with van der Waals surface area (Å²) in [5, 5.41) is 1.92. The van der Waals surface area contributed by atoms with Crippen LogP contribution in [0.5, 0.6) is 11.5 Å². The Morgan fingerprint density at radius 3 is 2.26 bits per heavy atom. The topological polar surface area (TPSA) is 80.3 Å². The fourth-order valence-corrected chi connectivity index (χ4v) is 6.45. The Labute approximate surface area is 279 Å². The summed E-state index contributed by atoms with van der Waals surface area (Å²) in [7, 11) is 4.47. The lowest BCUT2D eigenvalue weighted by Gasteiger charge is -2.35. The van der Waals surface area contributed by atoms with Gasteiger partial charge in [0.2, 0.25) is 5.91 Å². The molecular formula is C37H40BrN3O5. The minimum atomic E-state index is -0.516. The van der Waals surface area contributed by atoms with E-state index >= 15 is 0 Å². The summed E-state index contributed by atoms with van der Waals surface area (Å²) in [4.78, 5) is 28.6. The molecule has 5 rings (SSSR count). The highest BCUT2D eigenvalue weighted by Crippen LogP contribution is 2.39. The molecule has 9 heteroatoms. The first kappa shape index (κ1) is 32.9. The fraction of sp³-hybridized carbons (Fsp3) is 0.297. The van der Waals surface area contributed by atoms with Crippen LogP contribution in [0.3, 0.4) is 0 Å². The molecule has 1 aliphatic heterocycles. The molecular weight excluding hydrogens is 646 g/mol. The van der Waals surface area contributed by atoms with Crippen LogP contribution in [0.4, 0.5) is 17.1 Å². The Bertz CT molecular complexity index is 1720. The number of piperidine rings is 1. The Morgan fingerprint density at radius 1 is 0.870 bits per heavy atom. The number of para-hydroxylation sites is 1. The van der Waals surface area contributed by atoms with E-state index in [-0.39, 0.29) is 17.9 Å². The maximum atomic E-state index is 13.9. The van der Waals surface area contributed by atoms with Gasteiger partial charge in [0.05, 0.1) is 44.8 Å². The number of benzene rings is 4. The minimum absolute atomic E-state index is 0.0444. The van der Waals surface area contributed by atoms with Gasteiger partial charge in [-0.1, -0.05) is 46.3 Å². The molecule has 0 radical (unpaired) electrons. The van der Waals surface area contributed by atoms with Gasteiger partial charge in [-0.05, 0) is 103 Å². The predicted octanol–water partition coefficient (Wildman–Crippen LogP) is 7.94. The third kappa shape index (κ3) is 7.15. The van der Waals surface area contributed by atoms with Crippen LogP contribution in [0, 0.1) is 13.8 Å². The van der Waals surface area contributed by atoms with E-state index in [1.54, 1.807) is 19.2 Å². The van der Waals surface area contributed by atoms with Gasteiger partial charge in [-0.2, -0.15) is 0 Å². The molecule has 1 amide bonds. The highest BCUT2D eigenvalue weighted by atomic mass is 79.9. The van der Waals surface area contributed by atoms with Gasteiger partial charge in [-0.25, -0.2) is 4.79 Å². The second-order valence-corrected chi connectivity index (χ2v) is 12.3. The fourth-order valence-electron chi connectivity index (χ4n) is 5.96. The molecule has 0 bridgehead atoms. The molecule has 1 N–H and O–H groups in total. The molecule has 240 valence electrons. The largest absolute Gasteiger partial charge is 0.497 e. The summed E-state index contributed by atoms with van der Waals surface area (Å²) in [5.74, 6) is 0.405. The number of amides is 1. The second kappa shape index (κ2) is 14.7. The number of anilines is 3. The number of halogens is 1. The normalized spacial score (nSPS) is 12.8. The number of esters is 1. The second-order valence-electron chi connectivity index (χ2n) is 11.4. The number of nitrogens with zero attached hydrogens (tertiary/aromatic N) is 2. The highest BCUT2D eigenvalue weighted by Gasteiger charge is 2.24. The van der Waals surface area contributed by atoms with Crippen LogP contribution < -0.4 is 24.8 Å². The first-order valence-electron chi connectivity index (χ1n) is 15.4. The van der Waals surface area contributed by atoms with Gasteiger partial charge in [-0.3, -0.25) is 15.2 Å². The lowest BCUT2D eigenvalue weighted by atomic mass is 9.99. The number of aryl methyl sites for hydroxylation is 2. The summed E-state index contributed by atoms with van der Waals surface area (Å²) in [6, 6.07) is 23.9. The molecule has 1 heterocycles. The van der Waals surface area contributed by atoms with Crippen molar-refractivity contribution >= 4 is 44.9 Å². The summed E-state index contributed by atoms with van der Waals surface area (Å²) in [6.07, 6.45) is 3.53. The molecule has 0 unspecified atom stereocenters. The molecule has 0 saturated carbocycles. The summed E-state index contributed by atoms with van der Waals surface area (Å²) >= 11 is 3.55. The Morgan fingerprint density at radius 2 is 1.61 bits per heavy atom. The molecule has 0 atom stereocenters. The predicted molar refractivity (Wildman–Crippen MR) is 186 cm³/mol. The van der Waals surface area contributed by atoms with E-state index in [9.17, 15) is 9.59 Å². The van der Waals surface area contributed by atoms with Crippen LogP contribution in [0.1, 0.15) is 46.3 Å². The van der Waals surface area contributed by atoms with Crippen molar-refractivity contribution in [2.24, 2.45) is 0 Å². The number of hydrogen-bond acceptors (Lipinski definition) is 7. The van der Waals surface area contributed by atoms with Crippen LogP contribution in [-0.4, -0.2) is 46.3 Å². The van der Waals surface area contributed by atoms with Gasteiger partial charge < -0.3 is 19.1 Å².